The number of hydrogen-bond donors (Lipinski definition) is 2. The van der Waals surface area contributed by atoms with Crippen molar-refractivity contribution in [2.24, 2.45) is 10.2 Å². The van der Waals surface area contributed by atoms with Crippen LogP contribution in [0.5, 0.6) is 0 Å². The van der Waals surface area contributed by atoms with E-state index in [-0.39, 0.29) is 24.7 Å². The predicted octanol–water partition coefficient (Wildman–Crippen LogP) is 4.08. The number of hydrazone groups is 2. The van der Waals surface area contributed by atoms with Crippen LogP contribution in [0.1, 0.15) is 60.1 Å². The van der Waals surface area contributed by atoms with E-state index in [1.165, 1.54) is 11.1 Å². The number of carbonyl (C=O) groups excluding carboxylic acids is 2. The SMILES string of the molecule is CC(=NNC(=O)CCC(=O)NN=C(C)c1ccc(C)cc1C)c1ccc(C)cc1C. The zero-order valence-corrected chi connectivity index (χ0v) is 18.6. The summed E-state index contributed by atoms with van der Waals surface area (Å²) in [4.78, 5) is 24.0. The molecule has 0 aliphatic carbocycles. The highest BCUT2D eigenvalue weighted by Crippen LogP contribution is 2.12. The number of nitrogens with one attached hydrogen (secondary N) is 2. The van der Waals surface area contributed by atoms with Gasteiger partial charge in [-0.25, -0.2) is 10.9 Å². The van der Waals surface area contributed by atoms with Crippen LogP contribution >= 0.6 is 0 Å². The van der Waals surface area contributed by atoms with Gasteiger partial charge in [-0.05, 0) is 52.7 Å². The molecule has 0 unspecified atom stereocenters. The maximum atomic E-state index is 12.0. The smallest absolute Gasteiger partial charge is 0.240 e. The Labute approximate surface area is 178 Å². The Kier molecular flexibility index (Phi) is 8.04. The third-order valence-electron chi connectivity index (χ3n) is 4.82. The molecule has 2 N–H and O–H groups in total. The molecule has 2 amide bonds. The van der Waals surface area contributed by atoms with Crippen molar-refractivity contribution in [3.8, 4) is 0 Å². The predicted molar refractivity (Wildman–Crippen MR) is 122 cm³/mol. The molecule has 2 aromatic rings. The molecule has 0 saturated heterocycles. The summed E-state index contributed by atoms with van der Waals surface area (Å²) in [6.45, 7) is 11.8. The molecule has 0 aliphatic heterocycles. The maximum Gasteiger partial charge on any atom is 0.240 e. The van der Waals surface area contributed by atoms with E-state index in [0.717, 1.165) is 33.7 Å². The van der Waals surface area contributed by atoms with E-state index in [2.05, 4.69) is 33.2 Å². The molecule has 0 aliphatic rings. The van der Waals surface area contributed by atoms with Crippen LogP contribution in [0.4, 0.5) is 0 Å². The Morgan fingerprint density at radius 3 is 1.40 bits per heavy atom. The maximum absolute atomic E-state index is 12.0. The van der Waals surface area contributed by atoms with E-state index in [0.29, 0.717) is 0 Å². The lowest BCUT2D eigenvalue weighted by atomic mass is 10.0. The first-order valence-electron chi connectivity index (χ1n) is 9.99. The van der Waals surface area contributed by atoms with Crippen LogP contribution in [0.15, 0.2) is 46.6 Å². The van der Waals surface area contributed by atoms with Crippen LogP contribution in [0.2, 0.25) is 0 Å². The van der Waals surface area contributed by atoms with Crippen LogP contribution in [-0.2, 0) is 9.59 Å². The first kappa shape index (κ1) is 23.0. The molecule has 0 radical (unpaired) electrons. The normalized spacial score (nSPS) is 11.9. The molecule has 30 heavy (non-hydrogen) atoms. The molecular weight excluding hydrogens is 376 g/mol. The largest absolute Gasteiger partial charge is 0.273 e. The van der Waals surface area contributed by atoms with E-state index in [4.69, 9.17) is 0 Å². The molecule has 0 saturated carbocycles. The standard InChI is InChI=1S/C24H30N4O2/c1-15-7-9-21(17(3)13-15)19(5)25-27-23(29)11-12-24(30)28-26-20(6)22-10-8-16(2)14-18(22)4/h7-10,13-14H,11-12H2,1-6H3,(H,27,29)(H,28,30). The minimum Gasteiger partial charge on any atom is -0.273 e. The van der Waals surface area contributed by atoms with E-state index < -0.39 is 0 Å². The summed E-state index contributed by atoms with van der Waals surface area (Å²) in [5, 5.41) is 8.30. The van der Waals surface area contributed by atoms with Crippen molar-refractivity contribution in [2.45, 2.75) is 54.4 Å². The number of amides is 2. The van der Waals surface area contributed by atoms with Gasteiger partial charge in [0.1, 0.15) is 0 Å². The van der Waals surface area contributed by atoms with E-state index >= 15 is 0 Å². The van der Waals surface area contributed by atoms with Gasteiger partial charge in [0.15, 0.2) is 0 Å². The highest BCUT2D eigenvalue weighted by atomic mass is 16.2. The summed E-state index contributed by atoms with van der Waals surface area (Å²) in [6, 6.07) is 12.1. The number of carbonyl (C=O) groups is 2. The highest BCUT2D eigenvalue weighted by molar-refractivity contribution is 6.01. The van der Waals surface area contributed by atoms with Gasteiger partial charge >= 0.3 is 0 Å². The van der Waals surface area contributed by atoms with Gasteiger partial charge in [0.25, 0.3) is 0 Å². The first-order chi connectivity index (χ1) is 14.2. The summed E-state index contributed by atoms with van der Waals surface area (Å²) >= 11 is 0. The van der Waals surface area contributed by atoms with Crippen LogP contribution < -0.4 is 10.9 Å². The van der Waals surface area contributed by atoms with E-state index in [1.807, 2.05) is 65.8 Å². The summed E-state index contributed by atoms with van der Waals surface area (Å²) in [5.41, 5.74) is 13.0. The Balaban J connectivity index is 1.84. The summed E-state index contributed by atoms with van der Waals surface area (Å²) in [6.07, 6.45) is 0.0707. The Bertz CT molecular complexity index is 925. The van der Waals surface area contributed by atoms with Crippen molar-refractivity contribution in [1.82, 2.24) is 10.9 Å². The van der Waals surface area contributed by atoms with E-state index in [9.17, 15) is 9.59 Å². The zero-order valence-electron chi connectivity index (χ0n) is 18.6. The quantitative estimate of drug-likeness (QED) is 0.536. The van der Waals surface area contributed by atoms with Gasteiger partial charge in [0.05, 0.1) is 11.4 Å². The molecule has 158 valence electrons. The fraction of sp³-hybridized carbons (Fsp3) is 0.333. The van der Waals surface area contributed by atoms with Gasteiger partial charge in [-0.2, -0.15) is 10.2 Å². The molecule has 2 aromatic carbocycles. The number of rotatable bonds is 7. The van der Waals surface area contributed by atoms with Crippen molar-refractivity contribution in [3.63, 3.8) is 0 Å². The molecule has 0 spiro atoms. The lowest BCUT2D eigenvalue weighted by molar-refractivity contribution is -0.126. The van der Waals surface area contributed by atoms with Crippen molar-refractivity contribution < 1.29 is 9.59 Å². The number of hydrogen-bond acceptors (Lipinski definition) is 4. The van der Waals surface area contributed by atoms with Gasteiger partial charge in [-0.15, -0.1) is 0 Å². The summed E-state index contributed by atoms with van der Waals surface area (Å²) in [5.74, 6) is -0.631. The second kappa shape index (κ2) is 10.5. The molecule has 0 aromatic heterocycles. The third-order valence-corrected chi connectivity index (χ3v) is 4.82. The molecule has 0 bridgehead atoms. The first-order valence-corrected chi connectivity index (χ1v) is 9.99. The van der Waals surface area contributed by atoms with Gasteiger partial charge in [-0.1, -0.05) is 47.5 Å². The molecule has 6 nitrogen and oxygen atoms in total. The molecule has 0 fully saturated rings. The Morgan fingerprint density at radius 1 is 0.700 bits per heavy atom. The minimum absolute atomic E-state index is 0.0353. The highest BCUT2D eigenvalue weighted by Gasteiger charge is 2.08. The average Bonchev–Trinajstić information content (AvgIpc) is 2.68. The second-order valence-corrected chi connectivity index (χ2v) is 7.60. The Hall–Kier alpha value is -3.28. The Morgan fingerprint density at radius 2 is 1.07 bits per heavy atom. The number of benzene rings is 2. The van der Waals surface area contributed by atoms with Crippen LogP contribution in [0.25, 0.3) is 0 Å². The lowest BCUT2D eigenvalue weighted by Gasteiger charge is -2.08. The topological polar surface area (TPSA) is 82.9 Å². The van der Waals surface area contributed by atoms with E-state index in [1.54, 1.807) is 0 Å². The van der Waals surface area contributed by atoms with Crippen molar-refractivity contribution in [1.29, 1.82) is 0 Å². The van der Waals surface area contributed by atoms with Gasteiger partial charge in [0, 0.05) is 24.0 Å². The number of nitrogens with zero attached hydrogens (tertiary/aromatic N) is 2. The third kappa shape index (κ3) is 6.65. The summed E-state index contributed by atoms with van der Waals surface area (Å²) in [7, 11) is 0. The summed E-state index contributed by atoms with van der Waals surface area (Å²) < 4.78 is 0. The molecule has 6 heteroatoms. The zero-order chi connectivity index (χ0) is 22.3. The average molecular weight is 407 g/mol. The molecular formula is C24H30N4O2. The van der Waals surface area contributed by atoms with Gasteiger partial charge in [0.2, 0.25) is 11.8 Å². The van der Waals surface area contributed by atoms with Gasteiger partial charge in [-0.3, -0.25) is 9.59 Å². The molecule has 0 atom stereocenters. The number of aryl methyl sites for hydroxylation is 4. The molecule has 0 heterocycles. The lowest BCUT2D eigenvalue weighted by Crippen LogP contribution is -2.24. The minimum atomic E-state index is -0.315. The second-order valence-electron chi connectivity index (χ2n) is 7.60. The fourth-order valence-electron chi connectivity index (χ4n) is 3.19. The van der Waals surface area contributed by atoms with Crippen molar-refractivity contribution in [3.05, 3.63) is 69.8 Å². The monoisotopic (exact) mass is 406 g/mol. The van der Waals surface area contributed by atoms with Crippen LogP contribution in [0.3, 0.4) is 0 Å². The fourth-order valence-corrected chi connectivity index (χ4v) is 3.19. The molecule has 2 rings (SSSR count). The van der Waals surface area contributed by atoms with Crippen LogP contribution in [-0.4, -0.2) is 23.2 Å². The van der Waals surface area contributed by atoms with Gasteiger partial charge < -0.3 is 0 Å². The van der Waals surface area contributed by atoms with Crippen LogP contribution in [0, 0.1) is 27.7 Å². The van der Waals surface area contributed by atoms with Crippen molar-refractivity contribution >= 4 is 23.2 Å². The van der Waals surface area contributed by atoms with Crippen molar-refractivity contribution in [2.75, 3.05) is 0 Å².